The third kappa shape index (κ3) is 5.54. The van der Waals surface area contributed by atoms with Gasteiger partial charge in [0.1, 0.15) is 5.60 Å². The largest absolute Gasteiger partial charge is 0.444 e. The van der Waals surface area contributed by atoms with Crippen molar-refractivity contribution < 1.29 is 9.53 Å². The molecule has 1 aliphatic heterocycles. The maximum absolute atomic E-state index is 12.1. The van der Waals surface area contributed by atoms with E-state index >= 15 is 0 Å². The lowest BCUT2D eigenvalue weighted by Gasteiger charge is -2.24. The molecule has 1 saturated heterocycles. The molecule has 1 aliphatic rings. The van der Waals surface area contributed by atoms with E-state index in [0.717, 1.165) is 39.0 Å². The second-order valence-corrected chi connectivity index (χ2v) is 7.33. The summed E-state index contributed by atoms with van der Waals surface area (Å²) >= 11 is 0. The molecular formula is C19H30N2O2. The van der Waals surface area contributed by atoms with Gasteiger partial charge in [-0.25, -0.2) is 4.79 Å². The molecule has 128 valence electrons. The number of carbonyl (C=O) groups excluding carboxylic acids is 1. The van der Waals surface area contributed by atoms with Crippen LogP contribution in [0.25, 0.3) is 0 Å². The summed E-state index contributed by atoms with van der Waals surface area (Å²) in [7, 11) is 0. The Bertz CT molecular complexity index is 522. The zero-order chi connectivity index (χ0) is 16.9. The maximum Gasteiger partial charge on any atom is 0.410 e. The summed E-state index contributed by atoms with van der Waals surface area (Å²) < 4.78 is 5.44. The topological polar surface area (TPSA) is 41.6 Å². The molecule has 1 fully saturated rings. The van der Waals surface area contributed by atoms with Crippen LogP contribution in [-0.2, 0) is 17.7 Å². The molecule has 1 aromatic rings. The molecule has 1 heterocycles. The lowest BCUT2D eigenvalue weighted by atomic mass is 10.0. The zero-order valence-corrected chi connectivity index (χ0v) is 14.9. The van der Waals surface area contributed by atoms with Gasteiger partial charge in [-0.2, -0.15) is 0 Å². The smallest absolute Gasteiger partial charge is 0.410 e. The minimum absolute atomic E-state index is 0.184. The Morgan fingerprint density at radius 3 is 2.65 bits per heavy atom. The van der Waals surface area contributed by atoms with Crippen molar-refractivity contribution in [1.29, 1.82) is 0 Å². The number of hydrogen-bond donors (Lipinski definition) is 1. The lowest BCUT2D eigenvalue weighted by molar-refractivity contribution is 0.0288. The first-order chi connectivity index (χ1) is 10.9. The number of carbonyl (C=O) groups is 1. The number of hydrogen-bond acceptors (Lipinski definition) is 3. The van der Waals surface area contributed by atoms with E-state index in [-0.39, 0.29) is 6.09 Å². The van der Waals surface area contributed by atoms with Gasteiger partial charge in [0.2, 0.25) is 0 Å². The molecule has 1 atom stereocenters. The van der Waals surface area contributed by atoms with Crippen LogP contribution < -0.4 is 5.32 Å². The maximum atomic E-state index is 12.1. The highest BCUT2D eigenvalue weighted by Gasteiger charge is 2.29. The average molecular weight is 318 g/mol. The predicted molar refractivity (Wildman–Crippen MR) is 93.4 cm³/mol. The fourth-order valence-electron chi connectivity index (χ4n) is 2.98. The standard InChI is InChI=1S/C19H30N2O2/c1-5-16-8-6-7-9-17(16)13-20-12-15-10-11-21(14-15)18(22)23-19(2,3)4/h6-9,15,20H,5,10-14H2,1-4H3. The Morgan fingerprint density at radius 1 is 1.30 bits per heavy atom. The molecule has 1 N–H and O–H groups in total. The van der Waals surface area contributed by atoms with E-state index in [1.54, 1.807) is 0 Å². The summed E-state index contributed by atoms with van der Waals surface area (Å²) in [5.74, 6) is 0.510. The van der Waals surface area contributed by atoms with Gasteiger partial charge in [-0.15, -0.1) is 0 Å². The van der Waals surface area contributed by atoms with E-state index in [1.807, 2.05) is 25.7 Å². The van der Waals surface area contributed by atoms with Crippen molar-refractivity contribution in [3.63, 3.8) is 0 Å². The summed E-state index contributed by atoms with van der Waals surface area (Å²) in [5.41, 5.74) is 2.36. The number of amides is 1. The molecule has 1 amide bonds. The molecule has 0 saturated carbocycles. The highest BCUT2D eigenvalue weighted by atomic mass is 16.6. The first-order valence-electron chi connectivity index (χ1n) is 8.64. The van der Waals surface area contributed by atoms with E-state index in [0.29, 0.717) is 5.92 Å². The summed E-state index contributed by atoms with van der Waals surface area (Å²) in [6.45, 7) is 11.3. The Kier molecular flexibility index (Phi) is 6.05. The Hall–Kier alpha value is -1.55. The molecule has 1 unspecified atom stereocenters. The summed E-state index contributed by atoms with van der Waals surface area (Å²) in [5, 5.41) is 3.55. The van der Waals surface area contributed by atoms with Crippen molar-refractivity contribution in [2.75, 3.05) is 19.6 Å². The van der Waals surface area contributed by atoms with Crippen LogP contribution in [0.2, 0.25) is 0 Å². The summed E-state index contributed by atoms with van der Waals surface area (Å²) in [4.78, 5) is 13.9. The zero-order valence-electron chi connectivity index (χ0n) is 14.9. The highest BCUT2D eigenvalue weighted by Crippen LogP contribution is 2.19. The number of ether oxygens (including phenoxy) is 1. The minimum atomic E-state index is -0.419. The van der Waals surface area contributed by atoms with Crippen molar-refractivity contribution in [3.8, 4) is 0 Å². The molecule has 0 bridgehead atoms. The molecule has 23 heavy (non-hydrogen) atoms. The number of nitrogens with one attached hydrogen (secondary N) is 1. The SMILES string of the molecule is CCc1ccccc1CNCC1CCN(C(=O)OC(C)(C)C)C1. The number of likely N-dealkylation sites (tertiary alicyclic amines) is 1. The minimum Gasteiger partial charge on any atom is -0.444 e. The van der Waals surface area contributed by atoms with Gasteiger partial charge in [-0.05, 0) is 50.7 Å². The second-order valence-electron chi connectivity index (χ2n) is 7.33. The van der Waals surface area contributed by atoms with Gasteiger partial charge in [0.05, 0.1) is 0 Å². The Morgan fingerprint density at radius 2 is 2.00 bits per heavy atom. The van der Waals surface area contributed by atoms with Crippen LogP contribution in [0.3, 0.4) is 0 Å². The van der Waals surface area contributed by atoms with Gasteiger partial charge in [-0.3, -0.25) is 0 Å². The number of rotatable bonds is 5. The van der Waals surface area contributed by atoms with Gasteiger partial charge in [0, 0.05) is 26.2 Å². The van der Waals surface area contributed by atoms with E-state index in [9.17, 15) is 4.79 Å². The molecule has 2 rings (SSSR count). The molecule has 0 radical (unpaired) electrons. The number of nitrogens with zero attached hydrogens (tertiary/aromatic N) is 1. The molecule has 0 aromatic heterocycles. The van der Waals surface area contributed by atoms with Crippen LogP contribution in [0.5, 0.6) is 0 Å². The van der Waals surface area contributed by atoms with Crippen molar-refractivity contribution in [3.05, 3.63) is 35.4 Å². The molecule has 1 aromatic carbocycles. The van der Waals surface area contributed by atoms with Crippen molar-refractivity contribution in [2.45, 2.75) is 52.7 Å². The van der Waals surface area contributed by atoms with Gasteiger partial charge in [-0.1, -0.05) is 31.2 Å². The van der Waals surface area contributed by atoms with Crippen LogP contribution >= 0.6 is 0 Å². The van der Waals surface area contributed by atoms with E-state index in [4.69, 9.17) is 4.74 Å². The first-order valence-corrected chi connectivity index (χ1v) is 8.64. The van der Waals surface area contributed by atoms with Crippen molar-refractivity contribution >= 4 is 6.09 Å². The van der Waals surface area contributed by atoms with Crippen molar-refractivity contribution in [2.24, 2.45) is 5.92 Å². The second kappa shape index (κ2) is 7.82. The predicted octanol–water partition coefficient (Wildman–Crippen LogP) is 3.60. The summed E-state index contributed by atoms with van der Waals surface area (Å²) in [6, 6.07) is 8.57. The van der Waals surface area contributed by atoms with E-state index in [1.165, 1.54) is 11.1 Å². The molecule has 4 nitrogen and oxygen atoms in total. The van der Waals surface area contributed by atoms with E-state index < -0.39 is 5.60 Å². The van der Waals surface area contributed by atoms with Crippen LogP contribution in [0.1, 0.15) is 45.2 Å². The van der Waals surface area contributed by atoms with Gasteiger partial charge < -0.3 is 15.0 Å². The Labute approximate surface area is 140 Å². The van der Waals surface area contributed by atoms with Crippen LogP contribution in [-0.4, -0.2) is 36.2 Å². The van der Waals surface area contributed by atoms with Gasteiger partial charge >= 0.3 is 6.09 Å². The highest BCUT2D eigenvalue weighted by molar-refractivity contribution is 5.68. The average Bonchev–Trinajstić information content (AvgIpc) is 2.95. The van der Waals surface area contributed by atoms with E-state index in [2.05, 4.69) is 36.5 Å². The fourth-order valence-corrected chi connectivity index (χ4v) is 2.98. The first kappa shape index (κ1) is 17.8. The van der Waals surface area contributed by atoms with Crippen LogP contribution in [0, 0.1) is 5.92 Å². The normalized spacial score (nSPS) is 18.3. The molecular weight excluding hydrogens is 288 g/mol. The number of benzene rings is 1. The number of aryl methyl sites for hydroxylation is 1. The third-order valence-corrected chi connectivity index (χ3v) is 4.19. The molecule has 0 aliphatic carbocycles. The quantitative estimate of drug-likeness (QED) is 0.902. The van der Waals surface area contributed by atoms with Crippen LogP contribution in [0.15, 0.2) is 24.3 Å². The third-order valence-electron chi connectivity index (χ3n) is 4.19. The summed E-state index contributed by atoms with van der Waals surface area (Å²) in [6.07, 6.45) is 1.92. The van der Waals surface area contributed by atoms with Crippen molar-refractivity contribution in [1.82, 2.24) is 10.2 Å². The lowest BCUT2D eigenvalue weighted by Crippen LogP contribution is -2.36. The van der Waals surface area contributed by atoms with Gasteiger partial charge in [0.15, 0.2) is 0 Å². The monoisotopic (exact) mass is 318 g/mol. The molecule has 4 heteroatoms. The van der Waals surface area contributed by atoms with Crippen LogP contribution in [0.4, 0.5) is 4.79 Å². The fraction of sp³-hybridized carbons (Fsp3) is 0.632. The molecule has 0 spiro atoms. The van der Waals surface area contributed by atoms with Gasteiger partial charge in [0.25, 0.3) is 0 Å². The Balaban J connectivity index is 1.75.